The van der Waals surface area contributed by atoms with Crippen molar-refractivity contribution < 1.29 is 4.52 Å². The van der Waals surface area contributed by atoms with Gasteiger partial charge in [0.2, 0.25) is 0 Å². The number of aromatic nitrogens is 2. The van der Waals surface area contributed by atoms with Crippen molar-refractivity contribution in [2.75, 3.05) is 13.6 Å². The number of thiazole rings is 1. The highest BCUT2D eigenvalue weighted by Gasteiger charge is 2.16. The molecule has 0 atom stereocenters. The maximum absolute atomic E-state index is 5.22. The lowest BCUT2D eigenvalue weighted by Gasteiger charge is -2.14. The minimum atomic E-state index is 0.945. The topological polar surface area (TPSA) is 42.2 Å². The van der Waals surface area contributed by atoms with E-state index in [1.807, 2.05) is 25.2 Å². The van der Waals surface area contributed by atoms with Crippen molar-refractivity contribution in [2.24, 2.45) is 0 Å². The first-order valence-corrected chi connectivity index (χ1v) is 8.53. The third kappa shape index (κ3) is 3.35. The third-order valence-electron chi connectivity index (χ3n) is 4.22. The summed E-state index contributed by atoms with van der Waals surface area (Å²) in [5.41, 5.74) is 3.63. The number of nitrogens with zero attached hydrogens (tertiary/aromatic N) is 3. The van der Waals surface area contributed by atoms with Crippen LogP contribution in [0, 0.1) is 13.8 Å². The van der Waals surface area contributed by atoms with Gasteiger partial charge in [0.25, 0.3) is 0 Å². The fourth-order valence-corrected chi connectivity index (χ4v) is 4.18. The maximum Gasteiger partial charge on any atom is 0.137 e. The van der Waals surface area contributed by atoms with Gasteiger partial charge in [-0.1, -0.05) is 5.16 Å². The molecule has 0 aliphatic heterocycles. The van der Waals surface area contributed by atoms with Gasteiger partial charge in [-0.15, -0.1) is 11.3 Å². The second-order valence-corrected chi connectivity index (χ2v) is 7.14. The maximum atomic E-state index is 5.22. The van der Waals surface area contributed by atoms with Crippen molar-refractivity contribution in [1.82, 2.24) is 15.0 Å². The predicted octanol–water partition coefficient (Wildman–Crippen LogP) is 3.30. The standard InChI is InChI=1S/C16H23N3OS/c1-11-13(12(2)20-18-11)8-9-19(3)10-16-17-14-6-4-5-7-15(14)21-16/h4-10H2,1-3H3. The average molecular weight is 305 g/mol. The van der Waals surface area contributed by atoms with E-state index in [1.165, 1.54) is 46.8 Å². The van der Waals surface area contributed by atoms with Crippen molar-refractivity contribution >= 4 is 11.3 Å². The molecule has 1 aliphatic rings. The minimum absolute atomic E-state index is 0.945. The largest absolute Gasteiger partial charge is 0.361 e. The Morgan fingerprint density at radius 1 is 1.24 bits per heavy atom. The highest BCUT2D eigenvalue weighted by molar-refractivity contribution is 7.11. The molecular weight excluding hydrogens is 282 g/mol. The Bertz CT molecular complexity index is 574. The minimum Gasteiger partial charge on any atom is -0.361 e. The molecule has 5 heteroatoms. The second kappa shape index (κ2) is 6.28. The molecule has 0 saturated carbocycles. The lowest BCUT2D eigenvalue weighted by atomic mass is 10.0. The summed E-state index contributed by atoms with van der Waals surface area (Å²) < 4.78 is 5.22. The number of rotatable bonds is 5. The van der Waals surface area contributed by atoms with E-state index < -0.39 is 0 Å². The van der Waals surface area contributed by atoms with E-state index in [2.05, 4.69) is 17.1 Å². The van der Waals surface area contributed by atoms with Crippen LogP contribution in [-0.2, 0) is 25.8 Å². The molecule has 0 bridgehead atoms. The van der Waals surface area contributed by atoms with Crippen LogP contribution in [0.25, 0.3) is 0 Å². The zero-order valence-corrected chi connectivity index (χ0v) is 13.9. The van der Waals surface area contributed by atoms with Gasteiger partial charge in [-0.25, -0.2) is 4.98 Å². The lowest BCUT2D eigenvalue weighted by Crippen LogP contribution is -2.21. The summed E-state index contributed by atoms with van der Waals surface area (Å²) in [6, 6.07) is 0. The summed E-state index contributed by atoms with van der Waals surface area (Å²) in [6.45, 7) is 5.96. The number of fused-ring (bicyclic) bond motifs is 1. The van der Waals surface area contributed by atoms with E-state index in [9.17, 15) is 0 Å². The van der Waals surface area contributed by atoms with Crippen LogP contribution in [0.2, 0.25) is 0 Å². The van der Waals surface area contributed by atoms with E-state index in [1.54, 1.807) is 0 Å². The molecule has 2 aromatic rings. The van der Waals surface area contributed by atoms with Crippen LogP contribution in [-0.4, -0.2) is 28.6 Å². The van der Waals surface area contributed by atoms with Gasteiger partial charge in [0, 0.05) is 17.0 Å². The molecule has 4 nitrogen and oxygen atoms in total. The van der Waals surface area contributed by atoms with Gasteiger partial charge in [0.1, 0.15) is 10.8 Å². The Balaban J connectivity index is 1.56. The first-order valence-electron chi connectivity index (χ1n) is 7.71. The molecule has 0 radical (unpaired) electrons. The van der Waals surface area contributed by atoms with Crippen LogP contribution < -0.4 is 0 Å². The highest BCUT2D eigenvalue weighted by atomic mass is 32.1. The van der Waals surface area contributed by atoms with E-state index in [0.29, 0.717) is 0 Å². The van der Waals surface area contributed by atoms with Gasteiger partial charge in [0.05, 0.1) is 17.9 Å². The average Bonchev–Trinajstić information content (AvgIpc) is 3.00. The van der Waals surface area contributed by atoms with Gasteiger partial charge >= 0.3 is 0 Å². The van der Waals surface area contributed by atoms with Crippen LogP contribution in [0.3, 0.4) is 0 Å². The van der Waals surface area contributed by atoms with Crippen molar-refractivity contribution in [3.63, 3.8) is 0 Å². The van der Waals surface area contributed by atoms with Gasteiger partial charge in [0.15, 0.2) is 0 Å². The summed E-state index contributed by atoms with van der Waals surface area (Å²) in [4.78, 5) is 8.68. The van der Waals surface area contributed by atoms with Crippen molar-refractivity contribution in [3.8, 4) is 0 Å². The van der Waals surface area contributed by atoms with Gasteiger partial charge < -0.3 is 4.52 Å². The molecular formula is C16H23N3OS. The first kappa shape index (κ1) is 14.7. The summed E-state index contributed by atoms with van der Waals surface area (Å²) in [7, 11) is 2.17. The number of hydrogen-bond donors (Lipinski definition) is 0. The van der Waals surface area contributed by atoms with Crippen LogP contribution in [0.15, 0.2) is 4.52 Å². The van der Waals surface area contributed by atoms with Gasteiger partial charge in [-0.2, -0.15) is 0 Å². The number of hydrogen-bond acceptors (Lipinski definition) is 5. The molecule has 0 N–H and O–H groups in total. The molecule has 0 fully saturated rings. The monoisotopic (exact) mass is 305 g/mol. The van der Waals surface area contributed by atoms with E-state index in [-0.39, 0.29) is 0 Å². The first-order chi connectivity index (χ1) is 10.1. The smallest absolute Gasteiger partial charge is 0.137 e. The Morgan fingerprint density at radius 3 is 2.76 bits per heavy atom. The molecule has 3 rings (SSSR count). The van der Waals surface area contributed by atoms with Crippen molar-refractivity contribution in [2.45, 2.75) is 52.5 Å². The molecule has 114 valence electrons. The van der Waals surface area contributed by atoms with E-state index >= 15 is 0 Å². The molecule has 1 aliphatic carbocycles. The molecule has 0 unspecified atom stereocenters. The summed E-state index contributed by atoms with van der Waals surface area (Å²) >= 11 is 1.91. The van der Waals surface area contributed by atoms with Crippen molar-refractivity contribution in [1.29, 1.82) is 0 Å². The molecule has 2 heterocycles. The molecule has 0 aromatic carbocycles. The zero-order valence-electron chi connectivity index (χ0n) is 13.1. The van der Waals surface area contributed by atoms with E-state index in [0.717, 1.165) is 31.0 Å². The quantitative estimate of drug-likeness (QED) is 0.850. The molecule has 21 heavy (non-hydrogen) atoms. The van der Waals surface area contributed by atoms with Crippen LogP contribution in [0.4, 0.5) is 0 Å². The molecule has 0 spiro atoms. The normalized spacial score (nSPS) is 14.7. The SMILES string of the molecule is Cc1noc(C)c1CCN(C)Cc1nc2c(s1)CCCC2. The Kier molecular flexibility index (Phi) is 4.40. The summed E-state index contributed by atoms with van der Waals surface area (Å²) in [6.07, 6.45) is 6.03. The van der Waals surface area contributed by atoms with Crippen LogP contribution >= 0.6 is 11.3 Å². The van der Waals surface area contributed by atoms with Crippen molar-refractivity contribution in [3.05, 3.63) is 32.6 Å². The fraction of sp³-hybridized carbons (Fsp3) is 0.625. The van der Waals surface area contributed by atoms with Gasteiger partial charge in [-0.3, -0.25) is 4.90 Å². The predicted molar refractivity (Wildman–Crippen MR) is 84.8 cm³/mol. The second-order valence-electron chi connectivity index (χ2n) is 5.98. The number of aryl methyl sites for hydroxylation is 4. The Morgan fingerprint density at radius 2 is 2.05 bits per heavy atom. The van der Waals surface area contributed by atoms with Crippen LogP contribution in [0.5, 0.6) is 0 Å². The van der Waals surface area contributed by atoms with Gasteiger partial charge in [-0.05, 0) is 53.0 Å². The Labute approximate surface area is 130 Å². The highest BCUT2D eigenvalue weighted by Crippen LogP contribution is 2.27. The lowest BCUT2D eigenvalue weighted by molar-refractivity contribution is 0.329. The zero-order chi connectivity index (χ0) is 14.8. The summed E-state index contributed by atoms with van der Waals surface area (Å²) in [5, 5.41) is 5.29. The van der Waals surface area contributed by atoms with Crippen LogP contribution in [0.1, 0.15) is 45.4 Å². The molecule has 0 amide bonds. The van der Waals surface area contributed by atoms with E-state index in [4.69, 9.17) is 9.51 Å². The molecule has 0 saturated heterocycles. The number of likely N-dealkylation sites (N-methyl/N-ethyl adjacent to an activating group) is 1. The Hall–Kier alpha value is -1.20. The fourth-order valence-electron chi connectivity index (χ4n) is 2.94. The summed E-state index contributed by atoms with van der Waals surface area (Å²) in [5.74, 6) is 0.950. The third-order valence-corrected chi connectivity index (χ3v) is 5.36. The molecule has 2 aromatic heterocycles.